The molecule has 0 aliphatic rings. The first kappa shape index (κ1) is 29.8. The number of Topliss-reactive ketones (excluding diaryl/α,β-unsaturated/α-hetero) is 1. The lowest BCUT2D eigenvalue weighted by Crippen LogP contribution is -2.26. The number of carbonyl (C=O) groups is 3. The second kappa shape index (κ2) is 12.8. The second-order valence-electron chi connectivity index (χ2n) is 9.66. The minimum absolute atomic E-state index is 0.0643. The first-order chi connectivity index (χ1) is 21.8. The normalized spacial score (nSPS) is 11.0. The van der Waals surface area contributed by atoms with E-state index in [0.717, 1.165) is 21.1 Å². The van der Waals surface area contributed by atoms with Crippen molar-refractivity contribution in [3.8, 4) is 22.4 Å². The molecular formula is C31H21ClN6O5S2. The van der Waals surface area contributed by atoms with Gasteiger partial charge in [0, 0.05) is 46.0 Å². The number of ketones is 1. The molecule has 224 valence electrons. The molecule has 14 heteroatoms. The Morgan fingerprint density at radius 3 is 2.56 bits per heavy atom. The van der Waals surface area contributed by atoms with Gasteiger partial charge in [0.2, 0.25) is 5.78 Å². The van der Waals surface area contributed by atoms with Crippen molar-refractivity contribution >= 4 is 57.9 Å². The third-order valence-corrected chi connectivity index (χ3v) is 8.55. The van der Waals surface area contributed by atoms with Gasteiger partial charge in [-0.15, -0.1) is 11.3 Å². The Balaban J connectivity index is 1.49. The predicted octanol–water partition coefficient (Wildman–Crippen LogP) is 5.83. The van der Waals surface area contributed by atoms with E-state index in [9.17, 15) is 24.3 Å². The summed E-state index contributed by atoms with van der Waals surface area (Å²) in [6.45, 7) is 0.0380. The third-order valence-electron chi connectivity index (χ3n) is 6.76. The van der Waals surface area contributed by atoms with E-state index in [1.165, 1.54) is 46.4 Å². The van der Waals surface area contributed by atoms with Crippen LogP contribution in [0.25, 0.3) is 22.4 Å². The molecule has 0 aliphatic heterocycles. The summed E-state index contributed by atoms with van der Waals surface area (Å²) < 4.78 is 7.04. The molecule has 1 aromatic carbocycles. The van der Waals surface area contributed by atoms with Crippen molar-refractivity contribution in [2.45, 2.75) is 13.1 Å². The molecule has 0 radical (unpaired) electrons. The van der Waals surface area contributed by atoms with E-state index in [0.29, 0.717) is 22.0 Å². The minimum Gasteiger partial charge on any atom is -0.478 e. The number of carbonyl (C=O) groups excluding carboxylic acids is 2. The number of pyridine rings is 2. The van der Waals surface area contributed by atoms with Crippen LogP contribution < -0.4 is 10.9 Å². The molecule has 0 saturated carbocycles. The number of thiophene rings is 1. The molecule has 2 N–H and O–H groups in total. The number of aromatic nitrogens is 5. The Morgan fingerprint density at radius 2 is 1.84 bits per heavy atom. The molecule has 6 aromatic rings. The number of carboxylic acid groups (broad SMARTS) is 1. The van der Waals surface area contributed by atoms with Crippen molar-refractivity contribution in [2.75, 3.05) is 5.32 Å². The van der Waals surface area contributed by atoms with Gasteiger partial charge in [-0.3, -0.25) is 19.4 Å². The van der Waals surface area contributed by atoms with Crippen LogP contribution in [0.2, 0.25) is 4.34 Å². The van der Waals surface area contributed by atoms with E-state index in [2.05, 4.69) is 19.8 Å². The SMILES string of the molecule is O=C(O)c1cccc(C(=O)n2nc(-c3c(-c4cccnc4)ccn(CC(=O)c4ccsn4)c3=O)cc2NCc2ccc(Cl)s2)c1. The Bertz CT molecular complexity index is 2100. The zero-order valence-corrected chi connectivity index (χ0v) is 25.5. The van der Waals surface area contributed by atoms with E-state index in [4.69, 9.17) is 11.6 Å². The Kier molecular flexibility index (Phi) is 8.47. The molecule has 0 saturated heterocycles. The molecule has 0 aliphatic carbocycles. The monoisotopic (exact) mass is 656 g/mol. The van der Waals surface area contributed by atoms with E-state index in [1.807, 2.05) is 6.07 Å². The number of aromatic carboxylic acids is 1. The van der Waals surface area contributed by atoms with Crippen LogP contribution in [0.5, 0.6) is 0 Å². The van der Waals surface area contributed by atoms with E-state index in [-0.39, 0.29) is 46.2 Å². The molecule has 0 fully saturated rings. The van der Waals surface area contributed by atoms with Crippen LogP contribution in [-0.2, 0) is 13.1 Å². The number of benzene rings is 1. The van der Waals surface area contributed by atoms with Crippen LogP contribution in [0.4, 0.5) is 5.82 Å². The van der Waals surface area contributed by atoms with E-state index in [1.54, 1.807) is 54.2 Å². The maximum absolute atomic E-state index is 14.1. The van der Waals surface area contributed by atoms with Crippen LogP contribution in [0, 0.1) is 0 Å². The molecular weight excluding hydrogens is 636 g/mol. The van der Waals surface area contributed by atoms with Gasteiger partial charge < -0.3 is 15.0 Å². The number of hydrogen-bond donors (Lipinski definition) is 2. The van der Waals surface area contributed by atoms with Crippen molar-refractivity contribution in [1.29, 1.82) is 0 Å². The van der Waals surface area contributed by atoms with Gasteiger partial charge in [-0.2, -0.15) is 14.2 Å². The molecule has 45 heavy (non-hydrogen) atoms. The lowest BCUT2D eigenvalue weighted by atomic mass is 10.0. The highest BCUT2D eigenvalue weighted by Crippen LogP contribution is 2.31. The highest BCUT2D eigenvalue weighted by atomic mass is 35.5. The van der Waals surface area contributed by atoms with Crippen LogP contribution in [0.1, 0.15) is 36.1 Å². The lowest BCUT2D eigenvalue weighted by Gasteiger charge is -2.11. The fourth-order valence-corrected chi connectivity index (χ4v) is 6.17. The van der Waals surface area contributed by atoms with Gasteiger partial charge in [0.25, 0.3) is 11.5 Å². The van der Waals surface area contributed by atoms with Crippen molar-refractivity contribution in [3.63, 3.8) is 0 Å². The average Bonchev–Trinajstić information content (AvgIpc) is 3.83. The number of anilines is 1. The fraction of sp³-hybridized carbons (Fsp3) is 0.0645. The highest BCUT2D eigenvalue weighted by molar-refractivity contribution is 7.16. The first-order valence-corrected chi connectivity index (χ1v) is 15.4. The summed E-state index contributed by atoms with van der Waals surface area (Å²) in [5, 5.41) is 18.9. The maximum atomic E-state index is 14.1. The largest absolute Gasteiger partial charge is 0.478 e. The van der Waals surface area contributed by atoms with Gasteiger partial charge in [-0.1, -0.05) is 23.7 Å². The molecule has 6 rings (SSSR count). The van der Waals surface area contributed by atoms with Crippen LogP contribution in [0.3, 0.4) is 0 Å². The number of nitrogens with zero attached hydrogens (tertiary/aromatic N) is 5. The number of nitrogens with one attached hydrogen (secondary N) is 1. The summed E-state index contributed by atoms with van der Waals surface area (Å²) in [6, 6.07) is 17.6. The average molecular weight is 657 g/mol. The smallest absolute Gasteiger partial charge is 0.335 e. The summed E-state index contributed by atoms with van der Waals surface area (Å²) in [5.41, 5.74) is 1.18. The van der Waals surface area contributed by atoms with Crippen molar-refractivity contribution < 1.29 is 19.5 Å². The second-order valence-corrected chi connectivity index (χ2v) is 12.1. The topological polar surface area (TPSA) is 149 Å². The van der Waals surface area contributed by atoms with Crippen LogP contribution >= 0.6 is 34.5 Å². The molecule has 5 heterocycles. The summed E-state index contributed by atoms with van der Waals surface area (Å²) in [6.07, 6.45) is 4.73. The molecule has 0 spiro atoms. The standard InChI is InChI=1S/C31H21ClN6O5S2/c32-26-7-6-21(45-26)16-34-27-14-24(35-38(27)29(40)18-3-1-4-19(13-18)31(42)43)28-22(20-5-2-10-33-15-20)8-11-37(30(28)41)17-25(39)23-9-12-44-36-23/h1-15,34H,16-17H2,(H,42,43). The Labute approximate surface area is 268 Å². The van der Waals surface area contributed by atoms with Crippen molar-refractivity contribution in [3.05, 3.63) is 127 Å². The third kappa shape index (κ3) is 6.36. The zero-order chi connectivity index (χ0) is 31.5. The van der Waals surface area contributed by atoms with Gasteiger partial charge in [0.15, 0.2) is 0 Å². The first-order valence-electron chi connectivity index (χ1n) is 13.3. The minimum atomic E-state index is -1.18. The summed E-state index contributed by atoms with van der Waals surface area (Å²) >= 11 is 8.61. The van der Waals surface area contributed by atoms with Gasteiger partial charge in [-0.25, -0.2) is 4.79 Å². The van der Waals surface area contributed by atoms with Gasteiger partial charge in [-0.05, 0) is 65.6 Å². The number of carboxylic acids is 1. The molecule has 0 atom stereocenters. The Morgan fingerprint density at radius 1 is 1.00 bits per heavy atom. The fourth-order valence-electron chi connectivity index (χ4n) is 4.62. The zero-order valence-electron chi connectivity index (χ0n) is 23.1. The maximum Gasteiger partial charge on any atom is 0.335 e. The molecule has 11 nitrogen and oxygen atoms in total. The summed E-state index contributed by atoms with van der Waals surface area (Å²) in [5.74, 6) is -1.88. The van der Waals surface area contributed by atoms with Crippen molar-refractivity contribution in [1.82, 2.24) is 23.7 Å². The van der Waals surface area contributed by atoms with Crippen molar-refractivity contribution in [2.24, 2.45) is 0 Å². The van der Waals surface area contributed by atoms with E-state index >= 15 is 0 Å². The summed E-state index contributed by atoms with van der Waals surface area (Å²) in [4.78, 5) is 57.4. The predicted molar refractivity (Wildman–Crippen MR) is 171 cm³/mol. The van der Waals surface area contributed by atoms with Crippen LogP contribution in [0.15, 0.2) is 95.5 Å². The Hall–Kier alpha value is -5.24. The van der Waals surface area contributed by atoms with Gasteiger partial charge in [0.05, 0.1) is 28.6 Å². The summed E-state index contributed by atoms with van der Waals surface area (Å²) in [7, 11) is 0. The number of rotatable bonds is 10. The van der Waals surface area contributed by atoms with Crippen LogP contribution in [-0.4, -0.2) is 46.5 Å². The molecule has 0 unspecified atom stereocenters. The molecule has 0 amide bonds. The van der Waals surface area contributed by atoms with Gasteiger partial charge in [0.1, 0.15) is 17.2 Å². The number of halogens is 1. The molecule has 5 aromatic heterocycles. The lowest BCUT2D eigenvalue weighted by molar-refractivity contribution is 0.0696. The quantitative estimate of drug-likeness (QED) is 0.174. The highest BCUT2D eigenvalue weighted by Gasteiger charge is 2.24. The molecule has 0 bridgehead atoms. The van der Waals surface area contributed by atoms with E-state index < -0.39 is 17.4 Å². The number of hydrogen-bond acceptors (Lipinski definition) is 10. The van der Waals surface area contributed by atoms with Gasteiger partial charge >= 0.3 is 5.97 Å².